The average molecular weight is 414 g/mol. The van der Waals surface area contributed by atoms with Crippen LogP contribution in [0.1, 0.15) is 25.3 Å². The van der Waals surface area contributed by atoms with E-state index >= 15 is 0 Å². The van der Waals surface area contributed by atoms with E-state index in [4.69, 9.17) is 0 Å². The number of hydrogen-bond acceptors (Lipinski definition) is 5. The fourth-order valence-electron chi connectivity index (χ4n) is 3.69. The number of hydrogen-bond donors (Lipinski definition) is 0. The molecule has 2 aliphatic rings. The molecule has 29 heavy (non-hydrogen) atoms. The van der Waals surface area contributed by atoms with E-state index < -0.39 is 0 Å². The molecule has 154 valence electrons. The fourth-order valence-corrected chi connectivity index (χ4v) is 4.59. The highest BCUT2D eigenvalue weighted by atomic mass is 32.2. The maximum absolute atomic E-state index is 12.7. The molecule has 1 aliphatic heterocycles. The van der Waals surface area contributed by atoms with Crippen LogP contribution in [-0.2, 0) is 16.1 Å². The minimum atomic E-state index is 0.0941. The molecule has 0 N–H and O–H groups in total. The molecule has 1 saturated heterocycles. The van der Waals surface area contributed by atoms with Crippen LogP contribution in [0.15, 0.2) is 29.4 Å². The number of carbonyl (C=O) groups is 2. The van der Waals surface area contributed by atoms with Crippen LogP contribution in [0.2, 0.25) is 0 Å². The number of thioether (sulfide) groups is 1. The largest absolute Gasteiger partial charge is 0.339 e. The van der Waals surface area contributed by atoms with Gasteiger partial charge in [-0.05, 0) is 32.3 Å². The summed E-state index contributed by atoms with van der Waals surface area (Å²) >= 11 is 1.43. The molecule has 0 unspecified atom stereocenters. The lowest BCUT2D eigenvalue weighted by Crippen LogP contribution is -2.51. The zero-order chi connectivity index (χ0) is 20.4. The van der Waals surface area contributed by atoms with Crippen LogP contribution in [-0.4, -0.2) is 68.3 Å². The summed E-state index contributed by atoms with van der Waals surface area (Å²) in [5.41, 5.74) is 2.22. The van der Waals surface area contributed by atoms with E-state index in [1.54, 1.807) is 0 Å². The first kappa shape index (κ1) is 19.9. The van der Waals surface area contributed by atoms with E-state index in [1.165, 1.54) is 11.8 Å². The Morgan fingerprint density at radius 3 is 2.41 bits per heavy atom. The Morgan fingerprint density at radius 2 is 1.76 bits per heavy atom. The molecule has 2 amide bonds. The maximum atomic E-state index is 12.7. The van der Waals surface area contributed by atoms with Crippen LogP contribution in [0.5, 0.6) is 0 Å². The molecule has 0 radical (unpaired) electrons. The first-order valence-corrected chi connectivity index (χ1v) is 11.3. The molecular weight excluding hydrogens is 386 g/mol. The van der Waals surface area contributed by atoms with Crippen molar-refractivity contribution >= 4 is 23.6 Å². The lowest BCUT2D eigenvalue weighted by atomic mass is 10.1. The van der Waals surface area contributed by atoms with Gasteiger partial charge >= 0.3 is 0 Å². The van der Waals surface area contributed by atoms with Gasteiger partial charge in [0.15, 0.2) is 11.0 Å². The molecule has 1 aromatic carbocycles. The molecule has 0 spiro atoms. The minimum absolute atomic E-state index is 0.0941. The van der Waals surface area contributed by atoms with Crippen molar-refractivity contribution in [2.75, 3.05) is 31.9 Å². The van der Waals surface area contributed by atoms with Gasteiger partial charge in [-0.25, -0.2) is 0 Å². The molecule has 2 fully saturated rings. The van der Waals surface area contributed by atoms with Crippen LogP contribution in [0, 0.1) is 12.8 Å². The Morgan fingerprint density at radius 1 is 1.07 bits per heavy atom. The van der Waals surface area contributed by atoms with E-state index in [-0.39, 0.29) is 17.7 Å². The zero-order valence-corrected chi connectivity index (χ0v) is 17.8. The van der Waals surface area contributed by atoms with Crippen molar-refractivity contribution in [1.29, 1.82) is 0 Å². The van der Waals surface area contributed by atoms with Crippen LogP contribution < -0.4 is 0 Å². The van der Waals surface area contributed by atoms with E-state index in [0.29, 0.717) is 31.9 Å². The molecule has 2 aromatic rings. The molecule has 7 nitrogen and oxygen atoms in total. The lowest BCUT2D eigenvalue weighted by molar-refractivity contribution is -0.139. The van der Waals surface area contributed by atoms with Gasteiger partial charge in [-0.3, -0.25) is 9.59 Å². The van der Waals surface area contributed by atoms with Crippen molar-refractivity contribution in [1.82, 2.24) is 24.6 Å². The van der Waals surface area contributed by atoms with Crippen molar-refractivity contribution in [3.8, 4) is 11.4 Å². The Bertz CT molecular complexity index is 900. The van der Waals surface area contributed by atoms with Gasteiger partial charge in [0.05, 0.1) is 5.75 Å². The second-order valence-corrected chi connectivity index (χ2v) is 8.58. The lowest BCUT2D eigenvalue weighted by Gasteiger charge is -2.34. The Hall–Kier alpha value is -2.35. The normalized spacial score (nSPS) is 16.9. The van der Waals surface area contributed by atoms with Crippen molar-refractivity contribution in [2.45, 2.75) is 38.4 Å². The predicted octanol–water partition coefficient (Wildman–Crippen LogP) is 2.45. The van der Waals surface area contributed by atoms with E-state index in [9.17, 15) is 9.59 Å². The number of carbonyl (C=O) groups excluding carboxylic acids is 2. The molecule has 1 aromatic heterocycles. The molecule has 8 heteroatoms. The highest BCUT2D eigenvalue weighted by Crippen LogP contribution is 2.31. The Labute approximate surface area is 175 Å². The molecule has 0 bridgehead atoms. The van der Waals surface area contributed by atoms with Gasteiger partial charge in [0.1, 0.15) is 0 Å². The summed E-state index contributed by atoms with van der Waals surface area (Å²) in [5, 5.41) is 9.48. The number of aryl methyl sites for hydroxylation is 1. The molecule has 0 atom stereocenters. The van der Waals surface area contributed by atoms with Gasteiger partial charge in [-0.1, -0.05) is 36.0 Å². The van der Waals surface area contributed by atoms with E-state index in [2.05, 4.69) is 34.7 Å². The van der Waals surface area contributed by atoms with Gasteiger partial charge in [0.25, 0.3) is 0 Å². The summed E-state index contributed by atoms with van der Waals surface area (Å²) in [4.78, 5) is 28.6. The third-order valence-corrected chi connectivity index (χ3v) is 6.57. The molecule has 4 rings (SSSR count). The fraction of sp³-hybridized carbons (Fsp3) is 0.524. The van der Waals surface area contributed by atoms with Crippen molar-refractivity contribution in [3.05, 3.63) is 29.8 Å². The second kappa shape index (κ2) is 8.57. The van der Waals surface area contributed by atoms with Gasteiger partial charge in [0, 0.05) is 44.2 Å². The third-order valence-electron chi connectivity index (χ3n) is 5.61. The third kappa shape index (κ3) is 4.32. The quantitative estimate of drug-likeness (QED) is 0.681. The van der Waals surface area contributed by atoms with Crippen molar-refractivity contribution in [2.24, 2.45) is 5.92 Å². The van der Waals surface area contributed by atoms with Crippen LogP contribution in [0.4, 0.5) is 0 Å². The summed E-state index contributed by atoms with van der Waals surface area (Å²) in [7, 11) is 0. The van der Waals surface area contributed by atoms with Gasteiger partial charge in [-0.2, -0.15) is 0 Å². The SMILES string of the molecule is CCn1c(SCC(=O)N2CCN(C(=O)C3CC3)CC2)nnc1-c1ccccc1C. The molecule has 1 saturated carbocycles. The van der Waals surface area contributed by atoms with Crippen LogP contribution in [0.25, 0.3) is 11.4 Å². The molecule has 1 aliphatic carbocycles. The second-order valence-electron chi connectivity index (χ2n) is 7.63. The first-order valence-electron chi connectivity index (χ1n) is 10.3. The summed E-state index contributed by atoms with van der Waals surface area (Å²) in [6.45, 7) is 7.40. The topological polar surface area (TPSA) is 71.3 Å². The van der Waals surface area contributed by atoms with E-state index in [1.807, 2.05) is 28.0 Å². The van der Waals surface area contributed by atoms with Crippen molar-refractivity contribution < 1.29 is 9.59 Å². The van der Waals surface area contributed by atoms with Crippen molar-refractivity contribution in [3.63, 3.8) is 0 Å². The molecule has 2 heterocycles. The Kier molecular flexibility index (Phi) is 5.89. The highest BCUT2D eigenvalue weighted by molar-refractivity contribution is 7.99. The van der Waals surface area contributed by atoms with Gasteiger partial charge in [-0.15, -0.1) is 10.2 Å². The summed E-state index contributed by atoms with van der Waals surface area (Å²) in [5.74, 6) is 1.79. The molecular formula is C21H27N5O2S. The number of aromatic nitrogens is 3. The van der Waals surface area contributed by atoms with Gasteiger partial charge in [0.2, 0.25) is 11.8 Å². The smallest absolute Gasteiger partial charge is 0.233 e. The average Bonchev–Trinajstić information content (AvgIpc) is 3.52. The summed E-state index contributed by atoms with van der Waals surface area (Å²) < 4.78 is 2.06. The number of piperazine rings is 1. The summed E-state index contributed by atoms with van der Waals surface area (Å²) in [6.07, 6.45) is 2.05. The Balaban J connectivity index is 1.35. The van der Waals surface area contributed by atoms with Gasteiger partial charge < -0.3 is 14.4 Å². The number of rotatable bonds is 6. The minimum Gasteiger partial charge on any atom is -0.339 e. The number of amides is 2. The zero-order valence-electron chi connectivity index (χ0n) is 17.0. The standard InChI is InChI=1S/C21H27N5O2S/c1-3-26-19(17-7-5-4-6-15(17)2)22-23-21(26)29-14-18(27)24-10-12-25(13-11-24)20(28)16-8-9-16/h4-7,16H,3,8-14H2,1-2H3. The summed E-state index contributed by atoms with van der Waals surface area (Å²) in [6, 6.07) is 8.13. The monoisotopic (exact) mass is 413 g/mol. The van der Waals surface area contributed by atoms with E-state index in [0.717, 1.165) is 41.5 Å². The predicted molar refractivity (Wildman–Crippen MR) is 112 cm³/mol. The van der Waals surface area contributed by atoms with Crippen LogP contribution >= 0.6 is 11.8 Å². The maximum Gasteiger partial charge on any atom is 0.233 e. The van der Waals surface area contributed by atoms with Crippen LogP contribution in [0.3, 0.4) is 0 Å². The number of benzene rings is 1. The highest BCUT2D eigenvalue weighted by Gasteiger charge is 2.35. The number of nitrogens with zero attached hydrogens (tertiary/aromatic N) is 5. The first-order chi connectivity index (χ1) is 14.1.